The normalized spacial score (nSPS) is 15.0. The van der Waals surface area contributed by atoms with Crippen molar-refractivity contribution >= 4 is 29.0 Å². The zero-order chi connectivity index (χ0) is 37.1. The molecule has 4 N–H and O–H groups in total. The van der Waals surface area contributed by atoms with Crippen LogP contribution in [0.5, 0.6) is 0 Å². The van der Waals surface area contributed by atoms with Gasteiger partial charge in [-0.25, -0.2) is 13.9 Å². The average molecular weight is 725 g/mol. The summed E-state index contributed by atoms with van der Waals surface area (Å²) in [5.74, 6) is -1.56. The minimum absolute atomic E-state index is 0.0277. The van der Waals surface area contributed by atoms with E-state index in [0.717, 1.165) is 23.6 Å². The van der Waals surface area contributed by atoms with Crippen molar-refractivity contribution in [3.63, 3.8) is 0 Å². The molecular weight excluding hydrogens is 688 g/mol. The second-order valence-electron chi connectivity index (χ2n) is 13.4. The Morgan fingerprint density at radius 2 is 1.75 bits per heavy atom. The Balaban J connectivity index is 1.59. The number of hydrogen-bond donors (Lipinski definition) is 4. The van der Waals surface area contributed by atoms with E-state index in [9.17, 15) is 32.6 Å². The van der Waals surface area contributed by atoms with Crippen LogP contribution in [0.15, 0.2) is 72.8 Å². The number of aromatic nitrogens is 2. The number of nitrogens with zero attached hydrogens (tertiary/aromatic N) is 3. The molecule has 1 unspecified atom stereocenters. The Labute approximate surface area is 295 Å². The quantitative estimate of drug-likeness (QED) is 0.0876. The van der Waals surface area contributed by atoms with Gasteiger partial charge < -0.3 is 20.3 Å². The fourth-order valence-electron chi connectivity index (χ4n) is 5.54. The van der Waals surface area contributed by atoms with Gasteiger partial charge in [0.2, 0.25) is 0 Å². The van der Waals surface area contributed by atoms with Gasteiger partial charge in [-0.15, -0.1) is 4.72 Å². The van der Waals surface area contributed by atoms with Crippen molar-refractivity contribution in [1.82, 2.24) is 19.8 Å². The number of carbonyl (C=O) groups is 2. The summed E-state index contributed by atoms with van der Waals surface area (Å²) in [7, 11) is 0. The third-order valence-electron chi connectivity index (χ3n) is 8.47. The van der Waals surface area contributed by atoms with Crippen molar-refractivity contribution in [3.8, 4) is 11.8 Å². The molecule has 0 radical (unpaired) electrons. The predicted octanol–water partition coefficient (Wildman–Crippen LogP) is 7.41. The fraction of sp³-hybridized carbons (Fsp3) is 0.333. The van der Waals surface area contributed by atoms with Crippen molar-refractivity contribution in [3.05, 3.63) is 112 Å². The number of anilines is 1. The number of rotatable bonds is 12. The molecule has 3 aromatic carbocycles. The molecule has 51 heavy (non-hydrogen) atoms. The van der Waals surface area contributed by atoms with Gasteiger partial charge in [0.15, 0.2) is 5.69 Å². The first-order valence-corrected chi connectivity index (χ1v) is 17.2. The summed E-state index contributed by atoms with van der Waals surface area (Å²) in [5, 5.41) is 26.9. The van der Waals surface area contributed by atoms with Crippen LogP contribution in [-0.4, -0.2) is 36.2 Å². The van der Waals surface area contributed by atoms with Crippen molar-refractivity contribution in [2.45, 2.75) is 69.5 Å². The Morgan fingerprint density at radius 3 is 2.39 bits per heavy atom. The Morgan fingerprint density at radius 1 is 1.04 bits per heavy atom. The lowest BCUT2D eigenvalue weighted by molar-refractivity contribution is -0.141. The van der Waals surface area contributed by atoms with Gasteiger partial charge >= 0.3 is 12.3 Å². The molecule has 10 nitrogen and oxygen atoms in total. The highest BCUT2D eigenvalue weighted by molar-refractivity contribution is 7.90. The van der Waals surface area contributed by atoms with Gasteiger partial charge in [0, 0.05) is 24.0 Å². The van der Waals surface area contributed by atoms with E-state index in [1.54, 1.807) is 45.0 Å². The zero-order valence-corrected chi connectivity index (χ0v) is 28.8. The average Bonchev–Trinajstić information content (AvgIpc) is 3.79. The van der Waals surface area contributed by atoms with Gasteiger partial charge in [-0.1, -0.05) is 43.2 Å². The molecule has 2 atom stereocenters. The first kappa shape index (κ1) is 37.3. The molecule has 268 valence electrons. The predicted molar refractivity (Wildman–Crippen MR) is 183 cm³/mol. The highest BCUT2D eigenvalue weighted by atomic mass is 32.2. The van der Waals surface area contributed by atoms with E-state index in [4.69, 9.17) is 5.11 Å². The van der Waals surface area contributed by atoms with Crippen LogP contribution < -0.4 is 15.4 Å². The molecule has 0 spiro atoms. The van der Waals surface area contributed by atoms with Crippen LogP contribution in [0.4, 0.5) is 28.0 Å². The standard InChI is InChI=1S/C36H36F4N6O4S/c1-34(2,3)51(50)45-35(15-14-22-10-11-22,25-8-4-6-23(16-25)20-41)26-12-13-28(37)29(18-26)43-32(47)30-19-31(36(38,39)40)44-46(30)27-9-5-7-24(17-27)21-42-33(48)49/h4-9,12-13,16-19,22,42,45H,10-11,14-15,21H2,1-3H3,(H,43,47)(H,48,49)/t35?,51-/m1/s1. The SMILES string of the molecule is CC(C)(C)[S@@+]([O-])NC(CCC1CC1)(c1cccc(C#N)c1)c1ccc(F)c(NC(=O)c2cc(C(F)(F)F)nn2-c2cccc(CNC(=O)O)c2)c1. The van der Waals surface area contributed by atoms with E-state index in [1.807, 2.05) is 0 Å². The van der Waals surface area contributed by atoms with Crippen LogP contribution in [0.2, 0.25) is 0 Å². The van der Waals surface area contributed by atoms with Crippen LogP contribution in [0.25, 0.3) is 5.69 Å². The highest BCUT2D eigenvalue weighted by Crippen LogP contribution is 2.43. The van der Waals surface area contributed by atoms with E-state index >= 15 is 4.39 Å². The van der Waals surface area contributed by atoms with Crippen LogP contribution in [0.1, 0.15) is 84.9 Å². The highest BCUT2D eigenvalue weighted by Gasteiger charge is 2.44. The minimum Gasteiger partial charge on any atom is -0.598 e. The molecule has 1 aliphatic carbocycles. The minimum atomic E-state index is -4.93. The van der Waals surface area contributed by atoms with E-state index in [2.05, 4.69) is 26.5 Å². The molecule has 0 bridgehead atoms. The Kier molecular flexibility index (Phi) is 10.8. The molecule has 1 heterocycles. The summed E-state index contributed by atoms with van der Waals surface area (Å²) >= 11 is -1.67. The van der Waals surface area contributed by atoms with Crippen LogP contribution >= 0.6 is 0 Å². The van der Waals surface area contributed by atoms with Gasteiger partial charge in [-0.2, -0.15) is 23.5 Å². The summed E-state index contributed by atoms with van der Waals surface area (Å²) in [6, 6.07) is 19.2. The first-order chi connectivity index (χ1) is 24.0. The Hall–Kier alpha value is -4.91. The summed E-state index contributed by atoms with van der Waals surface area (Å²) in [6.45, 7) is 5.21. The molecule has 0 aliphatic heterocycles. The topological polar surface area (TPSA) is 155 Å². The lowest BCUT2D eigenvalue weighted by Crippen LogP contribution is -2.52. The van der Waals surface area contributed by atoms with Crippen LogP contribution in [-0.2, 0) is 29.6 Å². The third-order valence-corrected chi connectivity index (χ3v) is 10.1. The number of carbonyl (C=O) groups excluding carboxylic acids is 1. The number of amides is 2. The lowest BCUT2D eigenvalue weighted by atomic mass is 9.79. The molecule has 0 saturated heterocycles. The maximum atomic E-state index is 15.6. The van der Waals surface area contributed by atoms with Gasteiger partial charge in [0.05, 0.1) is 23.0 Å². The maximum absolute atomic E-state index is 15.6. The van der Waals surface area contributed by atoms with E-state index in [0.29, 0.717) is 47.1 Å². The maximum Gasteiger partial charge on any atom is 0.435 e. The van der Waals surface area contributed by atoms with Crippen molar-refractivity contribution in [1.29, 1.82) is 5.26 Å². The van der Waals surface area contributed by atoms with E-state index in [-0.39, 0.29) is 17.9 Å². The van der Waals surface area contributed by atoms with Gasteiger partial charge in [0.25, 0.3) is 5.91 Å². The number of halogens is 4. The molecule has 5 rings (SSSR count). The number of hydrogen-bond acceptors (Lipinski definition) is 6. The number of carboxylic acid groups (broad SMARTS) is 1. The van der Waals surface area contributed by atoms with Crippen molar-refractivity contribution < 1.29 is 36.8 Å². The largest absolute Gasteiger partial charge is 0.598 e. The number of nitriles is 1. The smallest absolute Gasteiger partial charge is 0.435 e. The number of alkyl halides is 3. The van der Waals surface area contributed by atoms with Crippen LogP contribution in [0.3, 0.4) is 0 Å². The van der Waals surface area contributed by atoms with Gasteiger partial charge in [0.1, 0.15) is 21.8 Å². The van der Waals surface area contributed by atoms with Crippen LogP contribution in [0, 0.1) is 23.1 Å². The second kappa shape index (κ2) is 14.7. The van der Waals surface area contributed by atoms with Gasteiger partial charge in [-0.3, -0.25) is 4.79 Å². The van der Waals surface area contributed by atoms with E-state index < -0.39 is 57.0 Å². The zero-order valence-electron chi connectivity index (χ0n) is 28.0. The molecule has 4 aromatic rings. The number of nitrogens with one attached hydrogen (secondary N) is 3. The summed E-state index contributed by atoms with van der Waals surface area (Å²) < 4.78 is 74.2. The fourth-order valence-corrected chi connectivity index (χ4v) is 6.50. The summed E-state index contributed by atoms with van der Waals surface area (Å²) in [6.07, 6.45) is -3.08. The number of benzene rings is 3. The molecular formula is C36H36F4N6O4S. The molecule has 1 aromatic heterocycles. The monoisotopic (exact) mass is 724 g/mol. The van der Waals surface area contributed by atoms with Gasteiger partial charge in [-0.05, 0) is 92.6 Å². The molecule has 1 saturated carbocycles. The molecule has 1 fully saturated rings. The summed E-state index contributed by atoms with van der Waals surface area (Å²) in [4.78, 5) is 24.7. The molecule has 1 aliphatic rings. The lowest BCUT2D eigenvalue weighted by Gasteiger charge is -2.39. The van der Waals surface area contributed by atoms with Crippen molar-refractivity contribution in [2.24, 2.45) is 5.92 Å². The molecule has 15 heteroatoms. The first-order valence-electron chi connectivity index (χ1n) is 16.1. The third kappa shape index (κ3) is 8.88. The molecule has 2 amide bonds. The van der Waals surface area contributed by atoms with Crippen molar-refractivity contribution in [2.75, 3.05) is 5.32 Å². The summed E-state index contributed by atoms with van der Waals surface area (Å²) in [5.41, 5.74) is -1.76. The van der Waals surface area contributed by atoms with E-state index in [1.165, 1.54) is 36.4 Å². The second-order valence-corrected chi connectivity index (χ2v) is 15.3. The Bertz CT molecular complexity index is 1970.